The number of rotatable bonds is 6. The predicted molar refractivity (Wildman–Crippen MR) is 85.1 cm³/mol. The van der Waals surface area contributed by atoms with E-state index < -0.39 is 0 Å². The Morgan fingerprint density at radius 2 is 1.95 bits per heavy atom. The lowest BCUT2D eigenvalue weighted by Gasteiger charge is -2.20. The number of aromatic nitrogens is 1. The van der Waals surface area contributed by atoms with Crippen LogP contribution in [0.25, 0.3) is 0 Å². The van der Waals surface area contributed by atoms with Crippen molar-refractivity contribution in [3.05, 3.63) is 58.5 Å². The van der Waals surface area contributed by atoms with Gasteiger partial charge in [-0.25, -0.2) is 9.37 Å². The number of nitrogens with zero attached hydrogens (tertiary/aromatic N) is 2. The van der Waals surface area contributed by atoms with Gasteiger partial charge in [0.2, 0.25) is 0 Å². The van der Waals surface area contributed by atoms with Gasteiger partial charge in [0.1, 0.15) is 11.6 Å². The molecular weight excluding hydrogens is 289 g/mol. The molecule has 0 fully saturated rings. The standard InChI is InChI=1S/C16H19ClFN3/c1-3-19-9-13-8-15(17)16(20-10-13)21(2)11-12-4-6-14(18)7-5-12/h4-8,10,19H,3,9,11H2,1-2H3. The SMILES string of the molecule is CCNCc1cnc(N(C)Cc2ccc(F)cc2)c(Cl)c1. The van der Waals surface area contributed by atoms with Crippen molar-refractivity contribution in [3.8, 4) is 0 Å². The molecule has 0 amide bonds. The maximum Gasteiger partial charge on any atom is 0.147 e. The number of anilines is 1. The summed E-state index contributed by atoms with van der Waals surface area (Å²) in [6.45, 7) is 4.34. The maximum atomic E-state index is 12.9. The molecule has 21 heavy (non-hydrogen) atoms. The number of hydrogen-bond donors (Lipinski definition) is 1. The summed E-state index contributed by atoms with van der Waals surface area (Å²) < 4.78 is 12.9. The molecule has 1 heterocycles. The van der Waals surface area contributed by atoms with Crippen LogP contribution >= 0.6 is 11.6 Å². The molecule has 2 rings (SSSR count). The van der Waals surface area contributed by atoms with Gasteiger partial charge in [-0.15, -0.1) is 0 Å². The number of nitrogens with one attached hydrogen (secondary N) is 1. The first kappa shape index (κ1) is 15.7. The zero-order valence-corrected chi connectivity index (χ0v) is 13.0. The largest absolute Gasteiger partial charge is 0.354 e. The van der Waals surface area contributed by atoms with Crippen LogP contribution in [0.15, 0.2) is 36.5 Å². The average Bonchev–Trinajstić information content (AvgIpc) is 2.47. The van der Waals surface area contributed by atoms with E-state index in [1.807, 2.05) is 24.2 Å². The number of pyridine rings is 1. The lowest BCUT2D eigenvalue weighted by molar-refractivity contribution is 0.627. The van der Waals surface area contributed by atoms with E-state index in [4.69, 9.17) is 11.6 Å². The van der Waals surface area contributed by atoms with Crippen LogP contribution in [0.2, 0.25) is 5.02 Å². The third kappa shape index (κ3) is 4.41. The van der Waals surface area contributed by atoms with E-state index in [0.29, 0.717) is 11.6 Å². The van der Waals surface area contributed by atoms with Crippen molar-refractivity contribution < 1.29 is 4.39 Å². The van der Waals surface area contributed by atoms with Gasteiger partial charge in [-0.3, -0.25) is 0 Å². The van der Waals surface area contributed by atoms with Gasteiger partial charge >= 0.3 is 0 Å². The van der Waals surface area contributed by atoms with Crippen molar-refractivity contribution in [2.45, 2.75) is 20.0 Å². The molecule has 1 aromatic carbocycles. The zero-order valence-electron chi connectivity index (χ0n) is 12.2. The Hall–Kier alpha value is -1.65. The van der Waals surface area contributed by atoms with E-state index in [1.165, 1.54) is 12.1 Å². The first-order valence-corrected chi connectivity index (χ1v) is 7.28. The minimum Gasteiger partial charge on any atom is -0.354 e. The molecule has 3 nitrogen and oxygen atoms in total. The van der Waals surface area contributed by atoms with Gasteiger partial charge in [-0.2, -0.15) is 0 Å². The van der Waals surface area contributed by atoms with Crippen LogP contribution in [0.5, 0.6) is 0 Å². The summed E-state index contributed by atoms with van der Waals surface area (Å²) in [4.78, 5) is 6.38. The fraction of sp³-hybridized carbons (Fsp3) is 0.312. The van der Waals surface area contributed by atoms with E-state index >= 15 is 0 Å². The first-order valence-electron chi connectivity index (χ1n) is 6.91. The highest BCUT2D eigenvalue weighted by molar-refractivity contribution is 6.33. The Kier molecular flexibility index (Phi) is 5.53. The lowest BCUT2D eigenvalue weighted by Crippen LogP contribution is -2.19. The van der Waals surface area contributed by atoms with Crippen LogP contribution in [-0.4, -0.2) is 18.6 Å². The number of benzene rings is 1. The topological polar surface area (TPSA) is 28.2 Å². The van der Waals surface area contributed by atoms with Crippen molar-refractivity contribution in [3.63, 3.8) is 0 Å². The third-order valence-corrected chi connectivity index (χ3v) is 3.43. The number of hydrogen-bond acceptors (Lipinski definition) is 3. The van der Waals surface area contributed by atoms with Crippen LogP contribution < -0.4 is 10.2 Å². The molecule has 0 bridgehead atoms. The molecule has 0 saturated heterocycles. The van der Waals surface area contributed by atoms with E-state index in [-0.39, 0.29) is 5.82 Å². The van der Waals surface area contributed by atoms with Crippen molar-refractivity contribution in [1.29, 1.82) is 0 Å². The molecular formula is C16H19ClFN3. The zero-order chi connectivity index (χ0) is 15.2. The molecule has 2 aromatic rings. The molecule has 0 atom stereocenters. The normalized spacial score (nSPS) is 10.7. The summed E-state index contributed by atoms with van der Waals surface area (Å²) >= 11 is 6.30. The second kappa shape index (κ2) is 7.38. The van der Waals surface area contributed by atoms with Crippen molar-refractivity contribution in [2.24, 2.45) is 0 Å². The molecule has 0 unspecified atom stereocenters. The molecule has 0 aliphatic carbocycles. The minimum absolute atomic E-state index is 0.231. The second-order valence-electron chi connectivity index (χ2n) is 4.91. The quantitative estimate of drug-likeness (QED) is 0.883. The smallest absolute Gasteiger partial charge is 0.147 e. The van der Waals surface area contributed by atoms with E-state index in [0.717, 1.165) is 30.0 Å². The molecule has 0 aliphatic rings. The molecule has 1 N–H and O–H groups in total. The molecule has 0 saturated carbocycles. The average molecular weight is 308 g/mol. The van der Waals surface area contributed by atoms with Gasteiger partial charge in [-0.05, 0) is 35.9 Å². The fourth-order valence-electron chi connectivity index (χ4n) is 2.06. The highest BCUT2D eigenvalue weighted by atomic mass is 35.5. The van der Waals surface area contributed by atoms with Crippen LogP contribution in [0.3, 0.4) is 0 Å². The van der Waals surface area contributed by atoms with Crippen LogP contribution in [0.4, 0.5) is 10.2 Å². The highest BCUT2D eigenvalue weighted by Crippen LogP contribution is 2.24. The van der Waals surface area contributed by atoms with Gasteiger partial charge in [0, 0.05) is 26.3 Å². The summed E-state index contributed by atoms with van der Waals surface area (Å²) in [5.41, 5.74) is 2.06. The van der Waals surface area contributed by atoms with Gasteiger partial charge in [-0.1, -0.05) is 30.7 Å². The van der Waals surface area contributed by atoms with Crippen LogP contribution in [0, 0.1) is 5.82 Å². The summed E-state index contributed by atoms with van der Waals surface area (Å²) in [6.07, 6.45) is 1.82. The van der Waals surface area contributed by atoms with Gasteiger partial charge < -0.3 is 10.2 Å². The number of halogens is 2. The van der Waals surface area contributed by atoms with Crippen LogP contribution in [-0.2, 0) is 13.1 Å². The molecule has 0 radical (unpaired) electrons. The molecule has 5 heteroatoms. The summed E-state index contributed by atoms with van der Waals surface area (Å²) in [5.74, 6) is 0.492. The van der Waals surface area contributed by atoms with Crippen molar-refractivity contribution >= 4 is 17.4 Å². The fourth-order valence-corrected chi connectivity index (χ4v) is 2.39. The Morgan fingerprint density at radius 1 is 1.24 bits per heavy atom. The first-order chi connectivity index (χ1) is 10.1. The Labute approximate surface area is 129 Å². The Bertz CT molecular complexity index is 587. The molecule has 0 aliphatic heterocycles. The summed E-state index contributed by atoms with van der Waals surface area (Å²) in [7, 11) is 1.92. The molecule has 112 valence electrons. The monoisotopic (exact) mass is 307 g/mol. The molecule has 0 spiro atoms. The van der Waals surface area contributed by atoms with E-state index in [1.54, 1.807) is 12.1 Å². The summed E-state index contributed by atoms with van der Waals surface area (Å²) in [5, 5.41) is 3.86. The Balaban J connectivity index is 2.08. The van der Waals surface area contributed by atoms with E-state index in [9.17, 15) is 4.39 Å². The molecule has 1 aromatic heterocycles. The van der Waals surface area contributed by atoms with Gasteiger partial charge in [0.05, 0.1) is 5.02 Å². The summed E-state index contributed by atoms with van der Waals surface area (Å²) in [6, 6.07) is 8.36. The van der Waals surface area contributed by atoms with Crippen LogP contribution in [0.1, 0.15) is 18.1 Å². The third-order valence-electron chi connectivity index (χ3n) is 3.15. The minimum atomic E-state index is -0.231. The van der Waals surface area contributed by atoms with E-state index in [2.05, 4.69) is 17.2 Å². The second-order valence-corrected chi connectivity index (χ2v) is 5.32. The van der Waals surface area contributed by atoms with Crippen molar-refractivity contribution in [2.75, 3.05) is 18.5 Å². The Morgan fingerprint density at radius 3 is 2.57 bits per heavy atom. The predicted octanol–water partition coefficient (Wildman–Crippen LogP) is 3.62. The van der Waals surface area contributed by atoms with Gasteiger partial charge in [0.15, 0.2) is 0 Å². The highest BCUT2D eigenvalue weighted by Gasteiger charge is 2.09. The maximum absolute atomic E-state index is 12.9. The lowest BCUT2D eigenvalue weighted by atomic mass is 10.2. The van der Waals surface area contributed by atoms with Gasteiger partial charge in [0.25, 0.3) is 0 Å². The van der Waals surface area contributed by atoms with Crippen molar-refractivity contribution in [1.82, 2.24) is 10.3 Å².